The Hall–Kier alpha value is -1.40. The summed E-state index contributed by atoms with van der Waals surface area (Å²) in [7, 11) is 0. The minimum absolute atomic E-state index is 0.260. The van der Waals surface area contributed by atoms with Crippen molar-refractivity contribution in [3.63, 3.8) is 0 Å². The van der Waals surface area contributed by atoms with Crippen molar-refractivity contribution in [2.45, 2.75) is 49.7 Å². The highest BCUT2D eigenvalue weighted by molar-refractivity contribution is 7.99. The summed E-state index contributed by atoms with van der Waals surface area (Å²) in [5.41, 5.74) is 1.92. The fourth-order valence-corrected chi connectivity index (χ4v) is 4.57. The number of likely N-dealkylation sites (tertiary alicyclic amines) is 1. The van der Waals surface area contributed by atoms with Crippen LogP contribution >= 0.6 is 23.5 Å². The smallest absolute Gasteiger partial charge is 0.232 e. The largest absolute Gasteiger partial charge is 0.441 e. The summed E-state index contributed by atoms with van der Waals surface area (Å²) in [6, 6.07) is 8.24. The number of aryl methyl sites for hydroxylation is 1. The summed E-state index contributed by atoms with van der Waals surface area (Å²) in [4.78, 5) is 20.4. The molecular weight excluding hydrogens is 376 g/mol. The molecule has 146 valence electrons. The van der Waals surface area contributed by atoms with Gasteiger partial charge in [0.05, 0.1) is 11.4 Å². The second-order valence-electron chi connectivity index (χ2n) is 6.89. The van der Waals surface area contributed by atoms with E-state index in [-0.39, 0.29) is 5.91 Å². The van der Waals surface area contributed by atoms with Gasteiger partial charge in [-0.3, -0.25) is 4.79 Å². The third-order valence-corrected chi connectivity index (χ3v) is 6.57. The molecule has 4 nitrogen and oxygen atoms in total. The number of hydrogen-bond acceptors (Lipinski definition) is 5. The SMILES string of the molecule is CSc1ccc(-c2nc(CSCC(=O)N3CCCCCCC3)c(C)o2)cc1. The highest BCUT2D eigenvalue weighted by Crippen LogP contribution is 2.26. The number of carbonyl (C=O) groups is 1. The van der Waals surface area contributed by atoms with Crippen molar-refractivity contribution in [2.75, 3.05) is 25.1 Å². The summed E-state index contributed by atoms with van der Waals surface area (Å²) in [5.74, 6) is 2.98. The van der Waals surface area contributed by atoms with Crippen molar-refractivity contribution in [3.8, 4) is 11.5 Å². The van der Waals surface area contributed by atoms with Gasteiger partial charge in [-0.05, 0) is 50.3 Å². The molecule has 1 saturated heterocycles. The Labute approximate surface area is 170 Å². The maximum atomic E-state index is 12.5. The number of thioether (sulfide) groups is 2. The Bertz CT molecular complexity index is 735. The van der Waals surface area contributed by atoms with Crippen LogP contribution in [0.1, 0.15) is 43.6 Å². The van der Waals surface area contributed by atoms with Crippen molar-refractivity contribution in [3.05, 3.63) is 35.7 Å². The molecule has 3 rings (SSSR count). The highest BCUT2D eigenvalue weighted by Gasteiger charge is 2.16. The topological polar surface area (TPSA) is 46.3 Å². The molecule has 2 heterocycles. The van der Waals surface area contributed by atoms with E-state index in [1.54, 1.807) is 23.5 Å². The Morgan fingerprint density at radius 2 is 1.78 bits per heavy atom. The number of carbonyl (C=O) groups excluding carboxylic acids is 1. The second kappa shape index (κ2) is 10.2. The molecule has 0 radical (unpaired) electrons. The average Bonchev–Trinajstić information content (AvgIpc) is 3.02. The molecule has 0 atom stereocenters. The fraction of sp³-hybridized carbons (Fsp3) is 0.524. The minimum atomic E-state index is 0.260. The normalized spacial score (nSPS) is 15.4. The van der Waals surface area contributed by atoms with Gasteiger partial charge in [-0.15, -0.1) is 23.5 Å². The maximum Gasteiger partial charge on any atom is 0.232 e. The zero-order chi connectivity index (χ0) is 19.1. The molecule has 2 aromatic rings. The van der Waals surface area contributed by atoms with E-state index in [4.69, 9.17) is 4.42 Å². The van der Waals surface area contributed by atoms with Crippen molar-refractivity contribution in [2.24, 2.45) is 0 Å². The molecule has 0 aliphatic carbocycles. The van der Waals surface area contributed by atoms with Crippen molar-refractivity contribution in [1.82, 2.24) is 9.88 Å². The molecule has 6 heteroatoms. The third-order valence-electron chi connectivity index (χ3n) is 4.90. The van der Waals surface area contributed by atoms with Crippen LogP contribution in [0.2, 0.25) is 0 Å². The predicted molar refractivity (Wildman–Crippen MR) is 114 cm³/mol. The minimum Gasteiger partial charge on any atom is -0.441 e. The first-order chi connectivity index (χ1) is 13.2. The average molecular weight is 405 g/mol. The molecule has 0 spiro atoms. The molecule has 1 amide bonds. The van der Waals surface area contributed by atoms with Crippen LogP contribution < -0.4 is 0 Å². The van der Waals surface area contributed by atoms with Gasteiger partial charge in [-0.1, -0.05) is 19.3 Å². The van der Waals surface area contributed by atoms with Crippen LogP contribution in [0.3, 0.4) is 0 Å². The lowest BCUT2D eigenvalue weighted by atomic mass is 10.1. The summed E-state index contributed by atoms with van der Waals surface area (Å²) in [6.07, 6.45) is 8.14. The highest BCUT2D eigenvalue weighted by atomic mass is 32.2. The lowest BCUT2D eigenvalue weighted by Gasteiger charge is -2.24. The molecule has 27 heavy (non-hydrogen) atoms. The molecule has 1 aromatic heterocycles. The van der Waals surface area contributed by atoms with Gasteiger partial charge in [0.2, 0.25) is 11.8 Å². The van der Waals surface area contributed by atoms with E-state index in [9.17, 15) is 4.79 Å². The second-order valence-corrected chi connectivity index (χ2v) is 8.76. The number of amides is 1. The van der Waals surface area contributed by atoms with Gasteiger partial charge < -0.3 is 9.32 Å². The molecule has 0 N–H and O–H groups in total. The fourth-order valence-electron chi connectivity index (χ4n) is 3.24. The Balaban J connectivity index is 1.53. The molecule has 1 fully saturated rings. The number of oxazole rings is 1. The maximum absolute atomic E-state index is 12.5. The van der Waals surface area contributed by atoms with Crippen LogP contribution in [0.4, 0.5) is 0 Å². The van der Waals surface area contributed by atoms with Crippen LogP contribution in [-0.4, -0.2) is 40.9 Å². The molecule has 1 aliphatic heterocycles. The molecular formula is C21H28N2O2S2. The first-order valence-corrected chi connectivity index (χ1v) is 12.0. The van der Waals surface area contributed by atoms with E-state index in [2.05, 4.69) is 23.4 Å². The molecule has 0 saturated carbocycles. The lowest BCUT2D eigenvalue weighted by molar-refractivity contribution is -0.128. The number of benzene rings is 1. The van der Waals surface area contributed by atoms with Gasteiger partial charge in [-0.2, -0.15) is 0 Å². The zero-order valence-electron chi connectivity index (χ0n) is 16.2. The van der Waals surface area contributed by atoms with Crippen LogP contribution in [0.5, 0.6) is 0 Å². The monoisotopic (exact) mass is 404 g/mol. The summed E-state index contributed by atoms with van der Waals surface area (Å²) in [6.45, 7) is 3.78. The Morgan fingerprint density at radius 3 is 2.44 bits per heavy atom. The summed E-state index contributed by atoms with van der Waals surface area (Å²) >= 11 is 3.35. The zero-order valence-corrected chi connectivity index (χ0v) is 17.8. The lowest BCUT2D eigenvalue weighted by Crippen LogP contribution is -2.35. The summed E-state index contributed by atoms with van der Waals surface area (Å²) < 4.78 is 5.85. The van der Waals surface area contributed by atoms with E-state index >= 15 is 0 Å². The molecule has 1 aliphatic rings. The van der Waals surface area contributed by atoms with Gasteiger partial charge >= 0.3 is 0 Å². The van der Waals surface area contributed by atoms with E-state index in [1.165, 1.54) is 24.2 Å². The predicted octanol–water partition coefficient (Wildman–Crippen LogP) is 5.40. The van der Waals surface area contributed by atoms with Gasteiger partial charge in [0.1, 0.15) is 5.76 Å². The van der Waals surface area contributed by atoms with Crippen LogP contribution in [0.25, 0.3) is 11.5 Å². The Morgan fingerprint density at radius 1 is 1.11 bits per heavy atom. The van der Waals surface area contributed by atoms with Gasteiger partial charge in [0, 0.05) is 29.3 Å². The van der Waals surface area contributed by atoms with Gasteiger partial charge in [0.25, 0.3) is 0 Å². The van der Waals surface area contributed by atoms with Crippen molar-refractivity contribution < 1.29 is 9.21 Å². The first-order valence-electron chi connectivity index (χ1n) is 9.63. The van der Waals surface area contributed by atoms with Gasteiger partial charge in [0.15, 0.2) is 0 Å². The quantitative estimate of drug-likeness (QED) is 0.603. The number of rotatable bonds is 6. The molecule has 0 bridgehead atoms. The van der Waals surface area contributed by atoms with Crippen LogP contribution in [0.15, 0.2) is 33.6 Å². The Kier molecular flexibility index (Phi) is 7.70. The summed E-state index contributed by atoms with van der Waals surface area (Å²) in [5, 5.41) is 0. The van der Waals surface area contributed by atoms with E-state index in [0.717, 1.165) is 42.9 Å². The third kappa shape index (κ3) is 5.79. The van der Waals surface area contributed by atoms with E-state index < -0.39 is 0 Å². The number of aromatic nitrogens is 1. The van der Waals surface area contributed by atoms with E-state index in [0.29, 0.717) is 17.4 Å². The van der Waals surface area contributed by atoms with Crippen molar-refractivity contribution >= 4 is 29.4 Å². The van der Waals surface area contributed by atoms with E-state index in [1.807, 2.05) is 24.0 Å². The van der Waals surface area contributed by atoms with Crippen molar-refractivity contribution in [1.29, 1.82) is 0 Å². The molecule has 0 unspecified atom stereocenters. The van der Waals surface area contributed by atoms with Crippen LogP contribution in [-0.2, 0) is 10.5 Å². The number of hydrogen-bond donors (Lipinski definition) is 0. The number of nitrogens with zero attached hydrogens (tertiary/aromatic N) is 2. The standard InChI is InChI=1S/C21H28N2O2S2/c1-16-19(22-21(25-16)17-8-10-18(26-2)11-9-17)14-27-15-20(24)23-12-6-4-3-5-7-13-23/h8-11H,3-7,12-15H2,1-2H3. The van der Waals surface area contributed by atoms with Crippen LogP contribution in [0, 0.1) is 6.92 Å². The first kappa shape index (κ1) is 20.3. The van der Waals surface area contributed by atoms with Gasteiger partial charge in [-0.25, -0.2) is 4.98 Å². The molecule has 1 aromatic carbocycles.